The minimum absolute atomic E-state index is 0.265. The highest BCUT2D eigenvalue weighted by atomic mass is 127. The van der Waals surface area contributed by atoms with Crippen LogP contribution in [0.15, 0.2) is 65.1 Å². The number of fused-ring (bicyclic) bond motifs is 3. The van der Waals surface area contributed by atoms with Crippen LogP contribution in [0.2, 0.25) is 5.02 Å². The van der Waals surface area contributed by atoms with Crippen LogP contribution < -0.4 is 0 Å². The van der Waals surface area contributed by atoms with Crippen LogP contribution in [0.4, 0.5) is 0 Å². The molecule has 0 saturated carbocycles. The second-order valence-corrected chi connectivity index (χ2v) is 8.02. The molecule has 4 rings (SSSR count). The monoisotopic (exact) mass is 508 g/mol. The van der Waals surface area contributed by atoms with Gasteiger partial charge in [-0.25, -0.2) is 0 Å². The first kappa shape index (κ1) is 16.2. The average Bonchev–Trinajstić information content (AvgIpc) is 2.56. The van der Waals surface area contributed by atoms with Crippen molar-refractivity contribution in [3.8, 4) is 16.9 Å². The van der Waals surface area contributed by atoms with E-state index >= 15 is 0 Å². The molecule has 0 aliphatic rings. The summed E-state index contributed by atoms with van der Waals surface area (Å²) in [5, 5.41) is 15.7. The first-order chi connectivity index (χ1) is 11.6. The summed E-state index contributed by atoms with van der Waals surface area (Å²) in [4.78, 5) is 0. The van der Waals surface area contributed by atoms with Crippen LogP contribution in [0.25, 0.3) is 32.7 Å². The molecule has 0 aliphatic carbocycles. The molecule has 0 saturated heterocycles. The van der Waals surface area contributed by atoms with Gasteiger partial charge in [-0.1, -0.05) is 57.9 Å². The lowest BCUT2D eigenvalue weighted by atomic mass is 9.93. The Kier molecular flexibility index (Phi) is 4.19. The van der Waals surface area contributed by atoms with E-state index in [4.69, 9.17) is 11.6 Å². The summed E-state index contributed by atoms with van der Waals surface area (Å²) in [7, 11) is 0. The zero-order chi connectivity index (χ0) is 16.8. The Labute approximate surface area is 166 Å². The summed E-state index contributed by atoms with van der Waals surface area (Å²) >= 11 is 12.0. The quantitative estimate of drug-likeness (QED) is 0.210. The number of phenols is 1. The number of rotatable bonds is 1. The number of aromatic hydroxyl groups is 1. The van der Waals surface area contributed by atoms with Gasteiger partial charge in [0, 0.05) is 24.2 Å². The van der Waals surface area contributed by atoms with E-state index in [0.717, 1.165) is 45.7 Å². The summed E-state index contributed by atoms with van der Waals surface area (Å²) in [6.45, 7) is 0. The highest BCUT2D eigenvalue weighted by Gasteiger charge is 2.16. The van der Waals surface area contributed by atoms with E-state index in [-0.39, 0.29) is 5.75 Å². The van der Waals surface area contributed by atoms with Crippen molar-refractivity contribution in [2.75, 3.05) is 0 Å². The lowest BCUT2D eigenvalue weighted by Gasteiger charge is -2.15. The van der Waals surface area contributed by atoms with E-state index in [2.05, 4.69) is 50.7 Å². The van der Waals surface area contributed by atoms with Crippen LogP contribution in [-0.2, 0) is 0 Å². The third kappa shape index (κ3) is 2.59. The summed E-state index contributed by atoms with van der Waals surface area (Å²) in [6, 6.07) is 19.8. The molecule has 0 spiro atoms. The van der Waals surface area contributed by atoms with Gasteiger partial charge in [0.05, 0.1) is 0 Å². The highest BCUT2D eigenvalue weighted by molar-refractivity contribution is 14.1. The molecule has 0 unspecified atom stereocenters. The largest absolute Gasteiger partial charge is 0.507 e. The van der Waals surface area contributed by atoms with E-state index in [1.165, 1.54) is 0 Å². The minimum atomic E-state index is 0.265. The molecule has 24 heavy (non-hydrogen) atoms. The molecule has 0 atom stereocenters. The number of halogens is 3. The van der Waals surface area contributed by atoms with Crippen LogP contribution >= 0.6 is 50.1 Å². The van der Waals surface area contributed by atoms with E-state index in [0.29, 0.717) is 0 Å². The Morgan fingerprint density at radius 1 is 0.833 bits per heavy atom. The fraction of sp³-hybridized carbons (Fsp3) is 0. The van der Waals surface area contributed by atoms with E-state index in [9.17, 15) is 5.11 Å². The molecule has 4 heteroatoms. The molecule has 0 bridgehead atoms. The SMILES string of the molecule is Oc1cc(Br)ccc1-c1c(I)c2ccc(Cl)cc2c2ccccc12. The van der Waals surface area contributed by atoms with Gasteiger partial charge in [-0.2, -0.15) is 0 Å². The number of phenolic OH excluding ortho intramolecular Hbond substituents is 1. The standard InChI is InChI=1S/C20H11BrClIO/c21-11-5-7-16(18(24)9-11)19-14-4-2-1-3-13(14)17-10-12(22)6-8-15(17)20(19)23/h1-10,24H. The van der Waals surface area contributed by atoms with Crippen molar-refractivity contribution in [2.24, 2.45) is 0 Å². The Bertz CT molecular complexity index is 1110. The van der Waals surface area contributed by atoms with Crippen LogP contribution in [0.1, 0.15) is 0 Å². The topological polar surface area (TPSA) is 20.2 Å². The maximum absolute atomic E-state index is 10.5. The van der Waals surface area contributed by atoms with Crippen LogP contribution in [0.3, 0.4) is 0 Å². The molecule has 1 N–H and O–H groups in total. The first-order valence-corrected chi connectivity index (χ1v) is 9.59. The van der Waals surface area contributed by atoms with Crippen molar-refractivity contribution in [3.05, 3.63) is 73.7 Å². The van der Waals surface area contributed by atoms with Gasteiger partial charge in [0.15, 0.2) is 0 Å². The minimum Gasteiger partial charge on any atom is -0.507 e. The molecule has 0 aliphatic heterocycles. The van der Waals surface area contributed by atoms with Crippen molar-refractivity contribution < 1.29 is 5.11 Å². The van der Waals surface area contributed by atoms with Crippen molar-refractivity contribution in [1.29, 1.82) is 0 Å². The van der Waals surface area contributed by atoms with Crippen molar-refractivity contribution in [1.82, 2.24) is 0 Å². The molecule has 0 heterocycles. The second kappa shape index (κ2) is 6.21. The van der Waals surface area contributed by atoms with Crippen molar-refractivity contribution in [3.63, 3.8) is 0 Å². The van der Waals surface area contributed by atoms with Crippen LogP contribution in [-0.4, -0.2) is 5.11 Å². The van der Waals surface area contributed by atoms with Crippen LogP contribution in [0, 0.1) is 3.57 Å². The fourth-order valence-electron chi connectivity index (χ4n) is 3.10. The Balaban J connectivity index is 2.22. The van der Waals surface area contributed by atoms with E-state index in [1.54, 1.807) is 6.07 Å². The van der Waals surface area contributed by atoms with Crippen molar-refractivity contribution in [2.45, 2.75) is 0 Å². The Morgan fingerprint density at radius 3 is 2.33 bits per heavy atom. The third-order valence-electron chi connectivity index (χ3n) is 4.15. The number of hydrogen-bond acceptors (Lipinski definition) is 1. The molecule has 4 aromatic rings. The summed E-state index contributed by atoms with van der Waals surface area (Å²) in [5.41, 5.74) is 1.88. The predicted molar refractivity (Wildman–Crippen MR) is 114 cm³/mol. The van der Waals surface area contributed by atoms with Gasteiger partial charge in [0.2, 0.25) is 0 Å². The molecule has 0 radical (unpaired) electrons. The summed E-state index contributed by atoms with van der Waals surface area (Å²) < 4.78 is 1.96. The zero-order valence-electron chi connectivity index (χ0n) is 12.4. The second-order valence-electron chi connectivity index (χ2n) is 5.59. The average molecular weight is 510 g/mol. The van der Waals surface area contributed by atoms with Gasteiger partial charge >= 0.3 is 0 Å². The van der Waals surface area contributed by atoms with Crippen LogP contribution in [0.5, 0.6) is 5.75 Å². The molecular weight excluding hydrogens is 498 g/mol. The smallest absolute Gasteiger partial charge is 0.124 e. The Hall–Kier alpha value is -1.30. The summed E-state index contributed by atoms with van der Waals surface area (Å²) in [5.74, 6) is 0.265. The van der Waals surface area contributed by atoms with Gasteiger partial charge in [0.25, 0.3) is 0 Å². The van der Waals surface area contributed by atoms with Gasteiger partial charge in [0.1, 0.15) is 5.75 Å². The molecule has 0 aromatic heterocycles. The fourth-order valence-corrected chi connectivity index (χ4v) is 4.67. The molecule has 1 nitrogen and oxygen atoms in total. The Morgan fingerprint density at radius 2 is 1.58 bits per heavy atom. The molecular formula is C20H11BrClIO. The molecule has 0 fully saturated rings. The molecule has 4 aromatic carbocycles. The first-order valence-electron chi connectivity index (χ1n) is 7.34. The van der Waals surface area contributed by atoms with Gasteiger partial charge in [-0.15, -0.1) is 0 Å². The number of benzene rings is 4. The normalized spacial score (nSPS) is 11.3. The highest BCUT2D eigenvalue weighted by Crippen LogP contribution is 2.43. The number of hydrogen-bond donors (Lipinski definition) is 1. The van der Waals surface area contributed by atoms with E-state index in [1.807, 2.05) is 42.5 Å². The third-order valence-corrected chi connectivity index (χ3v) is 6.00. The maximum atomic E-state index is 10.5. The zero-order valence-corrected chi connectivity index (χ0v) is 16.9. The molecule has 118 valence electrons. The van der Waals surface area contributed by atoms with Gasteiger partial charge in [-0.05, 0) is 74.5 Å². The predicted octanol–water partition coefficient (Wildman–Crippen LogP) is 7.39. The summed E-state index contributed by atoms with van der Waals surface area (Å²) in [6.07, 6.45) is 0. The molecule has 0 amide bonds. The van der Waals surface area contributed by atoms with Crippen molar-refractivity contribution >= 4 is 71.7 Å². The van der Waals surface area contributed by atoms with Gasteiger partial charge < -0.3 is 5.11 Å². The van der Waals surface area contributed by atoms with E-state index < -0.39 is 0 Å². The lowest BCUT2D eigenvalue weighted by molar-refractivity contribution is 0.477. The maximum Gasteiger partial charge on any atom is 0.124 e. The van der Waals surface area contributed by atoms with Gasteiger partial charge in [-0.3, -0.25) is 0 Å². The lowest BCUT2D eigenvalue weighted by Crippen LogP contribution is -1.90.